The molecule has 1 saturated heterocycles. The molecule has 2 fully saturated rings. The van der Waals surface area contributed by atoms with Gasteiger partial charge in [-0.25, -0.2) is 4.39 Å². The first-order valence-corrected chi connectivity index (χ1v) is 10.6. The minimum absolute atomic E-state index is 0.0583. The molecule has 1 heterocycles. The minimum atomic E-state index is -0.628. The SMILES string of the molecule is COc1cc(CNC(=O)C2(c3cccc(F)c3)CCC2)ccc1OCC1CCCO1. The minimum Gasteiger partial charge on any atom is -0.493 e. The quantitative estimate of drug-likeness (QED) is 0.707. The molecule has 0 bridgehead atoms. The van der Waals surface area contributed by atoms with E-state index in [1.54, 1.807) is 13.2 Å². The number of methoxy groups -OCH3 is 1. The van der Waals surface area contributed by atoms with E-state index < -0.39 is 5.41 Å². The Bertz CT molecular complexity index is 891. The van der Waals surface area contributed by atoms with Crippen molar-refractivity contribution in [2.45, 2.75) is 50.2 Å². The summed E-state index contributed by atoms with van der Waals surface area (Å²) in [6.45, 7) is 1.67. The Labute approximate surface area is 176 Å². The Morgan fingerprint density at radius 1 is 1.20 bits per heavy atom. The second-order valence-corrected chi connectivity index (χ2v) is 8.06. The second kappa shape index (κ2) is 9.04. The van der Waals surface area contributed by atoms with E-state index in [-0.39, 0.29) is 17.8 Å². The van der Waals surface area contributed by atoms with Gasteiger partial charge in [-0.1, -0.05) is 24.6 Å². The van der Waals surface area contributed by atoms with Gasteiger partial charge in [0.15, 0.2) is 11.5 Å². The number of halogens is 1. The highest BCUT2D eigenvalue weighted by Crippen LogP contribution is 2.44. The van der Waals surface area contributed by atoms with Gasteiger partial charge in [0.05, 0.1) is 18.6 Å². The molecule has 0 radical (unpaired) electrons. The molecule has 0 spiro atoms. The van der Waals surface area contributed by atoms with E-state index >= 15 is 0 Å². The maximum absolute atomic E-state index is 13.7. The van der Waals surface area contributed by atoms with E-state index in [1.807, 2.05) is 24.3 Å². The summed E-state index contributed by atoms with van der Waals surface area (Å²) in [6, 6.07) is 12.0. The van der Waals surface area contributed by atoms with E-state index in [1.165, 1.54) is 12.1 Å². The van der Waals surface area contributed by atoms with Crippen molar-refractivity contribution in [2.24, 2.45) is 0 Å². The zero-order valence-corrected chi connectivity index (χ0v) is 17.3. The predicted octanol–water partition coefficient (Wildman–Crippen LogP) is 4.13. The highest BCUT2D eigenvalue weighted by Gasteiger charge is 2.45. The molecule has 1 atom stereocenters. The van der Waals surface area contributed by atoms with Gasteiger partial charge in [0.2, 0.25) is 5.91 Å². The van der Waals surface area contributed by atoms with Gasteiger partial charge in [-0.3, -0.25) is 4.79 Å². The maximum atomic E-state index is 13.7. The Morgan fingerprint density at radius 2 is 2.07 bits per heavy atom. The molecule has 4 rings (SSSR count). The second-order valence-electron chi connectivity index (χ2n) is 8.06. The van der Waals surface area contributed by atoms with Crippen molar-refractivity contribution in [1.29, 1.82) is 0 Å². The van der Waals surface area contributed by atoms with E-state index in [9.17, 15) is 9.18 Å². The van der Waals surface area contributed by atoms with Crippen LogP contribution in [0.3, 0.4) is 0 Å². The summed E-state index contributed by atoms with van der Waals surface area (Å²) in [6.07, 6.45) is 4.66. The molecule has 2 aromatic rings. The summed E-state index contributed by atoms with van der Waals surface area (Å²) in [5, 5.41) is 3.03. The number of ether oxygens (including phenoxy) is 3. The molecule has 160 valence electrons. The lowest BCUT2D eigenvalue weighted by Gasteiger charge is -2.40. The largest absolute Gasteiger partial charge is 0.493 e. The van der Waals surface area contributed by atoms with E-state index in [0.717, 1.165) is 49.8 Å². The zero-order chi connectivity index (χ0) is 21.0. The van der Waals surface area contributed by atoms with E-state index in [2.05, 4.69) is 5.32 Å². The summed E-state index contributed by atoms with van der Waals surface area (Å²) >= 11 is 0. The molecule has 30 heavy (non-hydrogen) atoms. The molecule has 2 aromatic carbocycles. The van der Waals surface area contributed by atoms with Gasteiger partial charge in [-0.2, -0.15) is 0 Å². The van der Waals surface area contributed by atoms with Crippen LogP contribution in [0.5, 0.6) is 11.5 Å². The molecular weight excluding hydrogens is 385 g/mol. The zero-order valence-electron chi connectivity index (χ0n) is 17.3. The number of amides is 1. The van der Waals surface area contributed by atoms with Crippen molar-refractivity contribution in [1.82, 2.24) is 5.32 Å². The van der Waals surface area contributed by atoms with Crippen LogP contribution >= 0.6 is 0 Å². The highest BCUT2D eigenvalue weighted by atomic mass is 19.1. The fourth-order valence-electron chi connectivity index (χ4n) is 4.21. The number of carbonyl (C=O) groups is 1. The van der Waals surface area contributed by atoms with Gasteiger partial charge >= 0.3 is 0 Å². The van der Waals surface area contributed by atoms with Crippen LogP contribution in [-0.4, -0.2) is 32.3 Å². The fraction of sp³-hybridized carbons (Fsp3) is 0.458. The first-order valence-electron chi connectivity index (χ1n) is 10.6. The van der Waals surface area contributed by atoms with Crippen LogP contribution in [0.15, 0.2) is 42.5 Å². The molecule has 1 unspecified atom stereocenters. The molecule has 1 aliphatic heterocycles. The molecule has 5 nitrogen and oxygen atoms in total. The van der Waals surface area contributed by atoms with E-state index in [0.29, 0.717) is 24.7 Å². The van der Waals surface area contributed by atoms with Crippen molar-refractivity contribution < 1.29 is 23.4 Å². The molecule has 2 aliphatic rings. The van der Waals surface area contributed by atoms with Gasteiger partial charge in [0.1, 0.15) is 12.4 Å². The van der Waals surface area contributed by atoms with Gasteiger partial charge in [0, 0.05) is 13.2 Å². The monoisotopic (exact) mass is 413 g/mol. The standard InChI is InChI=1S/C24H28FNO4/c1-28-22-13-17(8-9-21(22)30-16-20-7-3-12-29-20)15-26-23(27)24(10-4-11-24)18-5-2-6-19(25)14-18/h2,5-6,8-9,13-14,20H,3-4,7,10-12,15-16H2,1H3,(H,26,27). The molecule has 1 amide bonds. The van der Waals surface area contributed by atoms with E-state index in [4.69, 9.17) is 14.2 Å². The number of rotatable bonds is 8. The Hall–Kier alpha value is -2.60. The maximum Gasteiger partial charge on any atom is 0.230 e. The van der Waals surface area contributed by atoms with Crippen LogP contribution in [0.4, 0.5) is 4.39 Å². The smallest absolute Gasteiger partial charge is 0.230 e. The van der Waals surface area contributed by atoms with Gasteiger partial charge in [-0.05, 0) is 61.1 Å². The molecule has 1 N–H and O–H groups in total. The molecule has 0 aromatic heterocycles. The lowest BCUT2D eigenvalue weighted by Crippen LogP contribution is -2.49. The highest BCUT2D eigenvalue weighted by molar-refractivity contribution is 5.89. The van der Waals surface area contributed by atoms with Crippen LogP contribution in [0.1, 0.15) is 43.2 Å². The lowest BCUT2D eigenvalue weighted by molar-refractivity contribution is -0.130. The van der Waals surface area contributed by atoms with Gasteiger partial charge in [-0.15, -0.1) is 0 Å². The lowest BCUT2D eigenvalue weighted by atomic mass is 9.64. The molecule has 1 aliphatic carbocycles. The van der Waals surface area contributed by atoms with Crippen LogP contribution in [0, 0.1) is 5.82 Å². The normalized spacial score (nSPS) is 19.7. The molecule has 1 saturated carbocycles. The third-order valence-corrected chi connectivity index (χ3v) is 6.15. The average Bonchev–Trinajstić information content (AvgIpc) is 3.24. The summed E-state index contributed by atoms with van der Waals surface area (Å²) in [7, 11) is 1.60. The number of hydrogen-bond donors (Lipinski definition) is 1. The van der Waals surface area contributed by atoms with Crippen molar-refractivity contribution in [3.8, 4) is 11.5 Å². The van der Waals surface area contributed by atoms with Crippen molar-refractivity contribution in [3.05, 3.63) is 59.4 Å². The third kappa shape index (κ3) is 4.29. The number of benzene rings is 2. The van der Waals surface area contributed by atoms with Gasteiger partial charge in [0.25, 0.3) is 0 Å². The molecular formula is C24H28FNO4. The Morgan fingerprint density at radius 3 is 2.73 bits per heavy atom. The van der Waals surface area contributed by atoms with Crippen molar-refractivity contribution >= 4 is 5.91 Å². The Balaban J connectivity index is 1.39. The van der Waals surface area contributed by atoms with Gasteiger partial charge < -0.3 is 19.5 Å². The fourth-order valence-corrected chi connectivity index (χ4v) is 4.21. The van der Waals surface area contributed by atoms with Crippen LogP contribution in [0.2, 0.25) is 0 Å². The topological polar surface area (TPSA) is 56.8 Å². The number of carbonyl (C=O) groups excluding carboxylic acids is 1. The predicted molar refractivity (Wildman–Crippen MR) is 111 cm³/mol. The number of nitrogens with one attached hydrogen (secondary N) is 1. The summed E-state index contributed by atoms with van der Waals surface area (Å²) in [4.78, 5) is 13.0. The number of hydrogen-bond acceptors (Lipinski definition) is 4. The first kappa shape index (κ1) is 20.7. The Kier molecular flexibility index (Phi) is 6.23. The average molecular weight is 413 g/mol. The first-order chi connectivity index (χ1) is 14.6. The van der Waals surface area contributed by atoms with Crippen molar-refractivity contribution in [3.63, 3.8) is 0 Å². The summed E-state index contributed by atoms with van der Waals surface area (Å²) < 4.78 is 30.6. The van der Waals surface area contributed by atoms with Crippen LogP contribution in [-0.2, 0) is 21.5 Å². The van der Waals surface area contributed by atoms with Crippen molar-refractivity contribution in [2.75, 3.05) is 20.3 Å². The summed E-state index contributed by atoms with van der Waals surface area (Å²) in [5.41, 5.74) is 1.04. The van der Waals surface area contributed by atoms with Crippen LogP contribution in [0.25, 0.3) is 0 Å². The van der Waals surface area contributed by atoms with Crippen LogP contribution < -0.4 is 14.8 Å². The third-order valence-electron chi connectivity index (χ3n) is 6.15. The molecule has 6 heteroatoms. The summed E-state index contributed by atoms with van der Waals surface area (Å²) in [5.74, 6) is 0.925.